The van der Waals surface area contributed by atoms with Gasteiger partial charge in [0, 0.05) is 6.42 Å². The fraction of sp³-hybridized carbons (Fsp3) is 0.857. The van der Waals surface area contributed by atoms with Crippen LogP contribution < -0.4 is 5.32 Å². The fourth-order valence-electron chi connectivity index (χ4n) is 1.03. The molecule has 0 amide bonds. The smallest absolute Gasteiger partial charge is 0.197 e. The van der Waals surface area contributed by atoms with Crippen molar-refractivity contribution in [2.75, 3.05) is 13.6 Å². The molecule has 1 atom stereocenters. The van der Waals surface area contributed by atoms with Crippen LogP contribution >= 0.6 is 0 Å². The Morgan fingerprint density at radius 1 is 1.77 bits per heavy atom. The lowest BCUT2D eigenvalue weighted by Crippen LogP contribution is -2.32. The standard InChI is InChI=1S/C7H15N3O3/c1-6(11)7(8-2)4-3-5-10(13)9-12/h7-8,12H,3-5H2,1-2H3/b10-9-/t7-/m1/s1. The van der Waals surface area contributed by atoms with Gasteiger partial charge in [0.05, 0.1) is 6.04 Å². The van der Waals surface area contributed by atoms with Crippen molar-refractivity contribution in [3.8, 4) is 0 Å². The van der Waals surface area contributed by atoms with Gasteiger partial charge in [0.2, 0.25) is 0 Å². The molecule has 0 heterocycles. The molecule has 0 rings (SSSR count). The zero-order chi connectivity index (χ0) is 10.3. The molecule has 13 heavy (non-hydrogen) atoms. The van der Waals surface area contributed by atoms with Gasteiger partial charge < -0.3 is 15.7 Å². The van der Waals surface area contributed by atoms with E-state index < -0.39 is 0 Å². The number of nitrogens with zero attached hydrogens (tertiary/aromatic N) is 2. The van der Waals surface area contributed by atoms with Crippen molar-refractivity contribution in [2.24, 2.45) is 5.28 Å². The minimum absolute atomic E-state index is 0.0425. The van der Waals surface area contributed by atoms with Crippen LogP contribution in [0, 0.1) is 5.21 Å². The summed E-state index contributed by atoms with van der Waals surface area (Å²) < 4.78 is 0. The average molecular weight is 189 g/mol. The molecule has 2 N–H and O–H groups in total. The van der Waals surface area contributed by atoms with Gasteiger partial charge in [-0.05, 0) is 20.4 Å². The highest BCUT2D eigenvalue weighted by molar-refractivity contribution is 5.81. The number of nitrogens with one attached hydrogen (secondary N) is 1. The summed E-state index contributed by atoms with van der Waals surface area (Å²) in [5, 5.41) is 23.7. The Hall–Kier alpha value is -1.17. The summed E-state index contributed by atoms with van der Waals surface area (Å²) in [5.41, 5.74) is 0. The highest BCUT2D eigenvalue weighted by Gasteiger charge is 2.11. The number of carbonyl (C=O) groups excluding carboxylic acids is 1. The minimum Gasteiger partial charge on any atom is -0.597 e. The maximum Gasteiger partial charge on any atom is 0.197 e. The third-order valence-electron chi connectivity index (χ3n) is 1.78. The van der Waals surface area contributed by atoms with E-state index in [0.29, 0.717) is 12.8 Å². The summed E-state index contributed by atoms with van der Waals surface area (Å²) in [7, 11) is 1.69. The molecule has 0 saturated heterocycles. The molecular weight excluding hydrogens is 174 g/mol. The van der Waals surface area contributed by atoms with Gasteiger partial charge in [0.1, 0.15) is 5.78 Å². The molecule has 0 radical (unpaired) electrons. The molecule has 0 fully saturated rings. The van der Waals surface area contributed by atoms with Crippen molar-refractivity contribution in [1.82, 2.24) is 5.32 Å². The van der Waals surface area contributed by atoms with Gasteiger partial charge in [-0.1, -0.05) is 4.86 Å². The molecule has 6 nitrogen and oxygen atoms in total. The van der Waals surface area contributed by atoms with Crippen molar-refractivity contribution in [3.63, 3.8) is 0 Å². The molecule has 0 aromatic heterocycles. The number of ketones is 1. The Labute approximate surface area is 76.8 Å². The van der Waals surface area contributed by atoms with Gasteiger partial charge in [-0.15, -0.1) is 0 Å². The summed E-state index contributed by atoms with van der Waals surface area (Å²) in [6.07, 6.45) is 1.08. The third kappa shape index (κ3) is 5.13. The normalized spacial score (nSPS) is 14.2. The predicted octanol–water partition coefficient (Wildman–Crippen LogP) is 0.295. The molecule has 0 unspecified atom stereocenters. The van der Waals surface area contributed by atoms with Crippen LogP contribution in [0.15, 0.2) is 5.28 Å². The molecule has 0 saturated carbocycles. The lowest BCUT2D eigenvalue weighted by Gasteiger charge is -2.10. The van der Waals surface area contributed by atoms with Gasteiger partial charge in [-0.2, -0.15) is 0 Å². The second kappa shape index (κ2) is 6.36. The van der Waals surface area contributed by atoms with Crippen LogP contribution in [0.2, 0.25) is 0 Å². The zero-order valence-electron chi connectivity index (χ0n) is 7.86. The van der Waals surface area contributed by atoms with Crippen molar-refractivity contribution in [1.29, 1.82) is 0 Å². The second-order valence-electron chi connectivity index (χ2n) is 2.76. The van der Waals surface area contributed by atoms with Gasteiger partial charge >= 0.3 is 0 Å². The lowest BCUT2D eigenvalue weighted by atomic mass is 10.1. The molecule has 0 aliphatic rings. The first-order valence-corrected chi connectivity index (χ1v) is 4.09. The van der Waals surface area contributed by atoms with Crippen LogP contribution in [0.1, 0.15) is 19.8 Å². The van der Waals surface area contributed by atoms with Crippen molar-refractivity contribution >= 4 is 5.78 Å². The number of rotatable bonds is 6. The third-order valence-corrected chi connectivity index (χ3v) is 1.78. The first kappa shape index (κ1) is 11.8. The van der Waals surface area contributed by atoms with Crippen molar-refractivity contribution in [2.45, 2.75) is 25.8 Å². The van der Waals surface area contributed by atoms with E-state index >= 15 is 0 Å². The summed E-state index contributed by atoms with van der Waals surface area (Å²) in [6.45, 7) is 1.59. The Kier molecular flexibility index (Phi) is 5.79. The number of Topliss-reactive ketones (excluding diaryl/α,β-unsaturated/α-hetero) is 1. The van der Waals surface area contributed by atoms with E-state index in [-0.39, 0.29) is 23.2 Å². The van der Waals surface area contributed by atoms with Crippen molar-refractivity contribution < 1.29 is 14.9 Å². The van der Waals surface area contributed by atoms with Gasteiger partial charge in [-0.3, -0.25) is 4.79 Å². The summed E-state index contributed by atoms with van der Waals surface area (Å²) in [4.78, 5) is 11.1. The Balaban J connectivity index is 3.67. The first-order valence-electron chi connectivity index (χ1n) is 4.09. The highest BCUT2D eigenvalue weighted by Crippen LogP contribution is 1.98. The Bertz CT molecular complexity index is 193. The van der Waals surface area contributed by atoms with E-state index in [1.54, 1.807) is 7.05 Å². The molecule has 0 spiro atoms. The molecule has 0 bridgehead atoms. The van der Waals surface area contributed by atoms with Gasteiger partial charge in [-0.25, -0.2) is 0 Å². The van der Waals surface area contributed by atoms with E-state index in [2.05, 4.69) is 10.6 Å². The number of likely N-dealkylation sites (N-methyl/N-ethyl adjacent to an activating group) is 1. The van der Waals surface area contributed by atoms with E-state index in [1.165, 1.54) is 6.92 Å². The lowest BCUT2D eigenvalue weighted by molar-refractivity contribution is -0.556. The molecule has 76 valence electrons. The number of hydroxylamine groups is 1. The summed E-state index contributed by atoms with van der Waals surface area (Å²) in [5.74, 6) is 0.0425. The van der Waals surface area contributed by atoms with E-state index in [9.17, 15) is 10.0 Å². The minimum atomic E-state index is -0.216. The Morgan fingerprint density at radius 2 is 2.38 bits per heavy atom. The van der Waals surface area contributed by atoms with Crippen molar-refractivity contribution in [3.05, 3.63) is 5.21 Å². The highest BCUT2D eigenvalue weighted by atomic mass is 16.6. The molecule has 0 aliphatic heterocycles. The second-order valence-corrected chi connectivity index (χ2v) is 2.76. The largest absolute Gasteiger partial charge is 0.597 e. The van der Waals surface area contributed by atoms with Crippen LogP contribution in [0.4, 0.5) is 0 Å². The fourth-order valence-corrected chi connectivity index (χ4v) is 1.03. The topological polar surface area (TPSA) is 87.8 Å². The molecule has 6 heteroatoms. The van der Waals surface area contributed by atoms with Crippen LogP contribution in [0.5, 0.6) is 0 Å². The monoisotopic (exact) mass is 189 g/mol. The SMILES string of the molecule is CN[C@H](CCC/[N+]([O-])=N/O)C(C)=O. The van der Waals surface area contributed by atoms with E-state index in [1.807, 2.05) is 0 Å². The molecule has 0 aromatic carbocycles. The summed E-state index contributed by atoms with van der Waals surface area (Å²) >= 11 is 0. The van der Waals surface area contributed by atoms with Gasteiger partial charge in [0.15, 0.2) is 11.8 Å². The number of hydrogen-bond donors (Lipinski definition) is 2. The van der Waals surface area contributed by atoms with Crippen LogP contribution in [0.3, 0.4) is 0 Å². The van der Waals surface area contributed by atoms with Crippen LogP contribution in [-0.4, -0.2) is 35.5 Å². The van der Waals surface area contributed by atoms with Crippen LogP contribution in [0.25, 0.3) is 0 Å². The average Bonchev–Trinajstić information content (AvgIpc) is 2.11. The quantitative estimate of drug-likeness (QED) is 0.357. The molecule has 0 aromatic rings. The molecule has 0 aliphatic carbocycles. The zero-order valence-corrected chi connectivity index (χ0v) is 7.86. The van der Waals surface area contributed by atoms with E-state index in [0.717, 1.165) is 0 Å². The van der Waals surface area contributed by atoms with E-state index in [4.69, 9.17) is 5.21 Å². The first-order chi connectivity index (χ1) is 6.11. The predicted molar refractivity (Wildman–Crippen MR) is 45.5 cm³/mol. The number of carbonyl (C=O) groups is 1. The molecular formula is C7H15N3O3. The maximum absolute atomic E-state index is 10.9. The number of hydrogen-bond acceptors (Lipinski definition) is 4. The maximum atomic E-state index is 10.9. The Morgan fingerprint density at radius 3 is 2.77 bits per heavy atom. The van der Waals surface area contributed by atoms with Gasteiger partial charge in [0.25, 0.3) is 0 Å². The summed E-state index contributed by atoms with van der Waals surface area (Å²) in [6, 6.07) is -0.216. The van der Waals surface area contributed by atoms with Crippen LogP contribution in [-0.2, 0) is 4.79 Å².